The van der Waals surface area contributed by atoms with E-state index in [-0.39, 0.29) is 11.7 Å². The average Bonchev–Trinajstić information content (AvgIpc) is 2.57. The number of piperidine rings is 1. The molecule has 1 aromatic carbocycles. The number of halogens is 1. The first kappa shape index (κ1) is 15.5. The summed E-state index contributed by atoms with van der Waals surface area (Å²) in [6.07, 6.45) is 5.47. The molecule has 1 atom stereocenters. The van der Waals surface area contributed by atoms with Gasteiger partial charge in [0.25, 0.3) is 5.69 Å². The first-order valence-electron chi connectivity index (χ1n) is 7.36. The van der Waals surface area contributed by atoms with E-state index in [1.54, 1.807) is 24.5 Å². The predicted octanol–water partition coefficient (Wildman–Crippen LogP) is 3.12. The lowest BCUT2D eigenvalue weighted by atomic mass is 10.1. The lowest BCUT2D eigenvalue weighted by Gasteiger charge is -2.33. The molecule has 120 valence electrons. The summed E-state index contributed by atoms with van der Waals surface area (Å²) < 4.78 is 0. The maximum Gasteiger partial charge on any atom is 0.271 e. The largest absolute Gasteiger partial charge is 0.379 e. The van der Waals surface area contributed by atoms with Crippen molar-refractivity contribution in [2.75, 3.05) is 23.3 Å². The van der Waals surface area contributed by atoms with Gasteiger partial charge in [-0.3, -0.25) is 10.1 Å². The third-order valence-electron chi connectivity index (χ3n) is 3.78. The Morgan fingerprint density at radius 1 is 1.35 bits per heavy atom. The van der Waals surface area contributed by atoms with Gasteiger partial charge in [0.15, 0.2) is 0 Å². The Morgan fingerprint density at radius 3 is 2.83 bits per heavy atom. The monoisotopic (exact) mass is 333 g/mol. The first-order chi connectivity index (χ1) is 11.1. The minimum atomic E-state index is -0.454. The molecule has 2 heterocycles. The van der Waals surface area contributed by atoms with E-state index in [9.17, 15) is 10.1 Å². The Kier molecular flexibility index (Phi) is 4.57. The Hall–Kier alpha value is -2.41. The number of rotatable bonds is 4. The molecule has 7 nitrogen and oxygen atoms in total. The summed E-state index contributed by atoms with van der Waals surface area (Å²) >= 11 is 6.14. The molecule has 1 saturated heterocycles. The van der Waals surface area contributed by atoms with E-state index in [2.05, 4.69) is 20.2 Å². The van der Waals surface area contributed by atoms with Crippen LogP contribution in [-0.2, 0) is 0 Å². The molecule has 0 spiro atoms. The van der Waals surface area contributed by atoms with Crippen LogP contribution in [0.2, 0.25) is 5.02 Å². The normalized spacial score (nSPS) is 17.8. The molecule has 1 aromatic heterocycles. The number of hydrogen-bond donors (Lipinski definition) is 1. The summed E-state index contributed by atoms with van der Waals surface area (Å²) in [7, 11) is 0. The van der Waals surface area contributed by atoms with E-state index >= 15 is 0 Å². The Labute approximate surface area is 138 Å². The second-order valence-corrected chi connectivity index (χ2v) is 5.81. The summed E-state index contributed by atoms with van der Waals surface area (Å²) in [5.41, 5.74) is 0.696. The molecule has 1 unspecified atom stereocenters. The van der Waals surface area contributed by atoms with Gasteiger partial charge in [-0.05, 0) is 25.0 Å². The minimum Gasteiger partial charge on any atom is -0.379 e. The second kappa shape index (κ2) is 6.78. The summed E-state index contributed by atoms with van der Waals surface area (Å²) in [5.74, 6) is 0.716. The molecule has 8 heteroatoms. The second-order valence-electron chi connectivity index (χ2n) is 5.40. The van der Waals surface area contributed by atoms with Crippen molar-refractivity contribution in [3.8, 4) is 0 Å². The highest BCUT2D eigenvalue weighted by Crippen LogP contribution is 2.28. The van der Waals surface area contributed by atoms with Crippen LogP contribution in [0.3, 0.4) is 0 Å². The van der Waals surface area contributed by atoms with Gasteiger partial charge in [0.1, 0.15) is 0 Å². The highest BCUT2D eigenvalue weighted by molar-refractivity contribution is 6.33. The number of nitro groups is 1. The van der Waals surface area contributed by atoms with E-state index in [1.807, 2.05) is 0 Å². The van der Waals surface area contributed by atoms with Crippen LogP contribution in [0.1, 0.15) is 12.8 Å². The van der Waals surface area contributed by atoms with Crippen molar-refractivity contribution in [3.05, 3.63) is 51.8 Å². The minimum absolute atomic E-state index is 0.0106. The van der Waals surface area contributed by atoms with Crippen LogP contribution in [0.4, 0.5) is 17.3 Å². The van der Waals surface area contributed by atoms with Crippen LogP contribution in [0.5, 0.6) is 0 Å². The van der Waals surface area contributed by atoms with Gasteiger partial charge in [0, 0.05) is 43.7 Å². The van der Waals surface area contributed by atoms with Gasteiger partial charge in [-0.2, -0.15) is 0 Å². The van der Waals surface area contributed by atoms with Crippen molar-refractivity contribution in [2.24, 2.45) is 0 Å². The number of non-ortho nitro benzene ring substituents is 1. The predicted molar refractivity (Wildman–Crippen MR) is 89.0 cm³/mol. The van der Waals surface area contributed by atoms with Gasteiger partial charge in [-0.25, -0.2) is 9.97 Å². The van der Waals surface area contributed by atoms with Crippen molar-refractivity contribution in [3.63, 3.8) is 0 Å². The zero-order valence-electron chi connectivity index (χ0n) is 12.4. The maximum atomic E-state index is 10.8. The van der Waals surface area contributed by atoms with Gasteiger partial charge in [0.2, 0.25) is 5.95 Å². The molecule has 0 saturated carbocycles. The van der Waals surface area contributed by atoms with E-state index in [4.69, 9.17) is 11.6 Å². The topological polar surface area (TPSA) is 84.2 Å². The molecular weight excluding hydrogens is 318 g/mol. The Bertz CT molecular complexity index is 698. The van der Waals surface area contributed by atoms with Crippen molar-refractivity contribution in [1.29, 1.82) is 0 Å². The lowest BCUT2D eigenvalue weighted by Crippen LogP contribution is -2.42. The quantitative estimate of drug-likeness (QED) is 0.683. The molecule has 0 radical (unpaired) electrons. The molecule has 0 amide bonds. The van der Waals surface area contributed by atoms with Crippen LogP contribution in [0, 0.1) is 10.1 Å². The van der Waals surface area contributed by atoms with Crippen LogP contribution in [0.25, 0.3) is 0 Å². The number of benzene rings is 1. The summed E-state index contributed by atoms with van der Waals surface area (Å²) in [5, 5.41) is 14.5. The van der Waals surface area contributed by atoms with Crippen LogP contribution < -0.4 is 10.2 Å². The standard InChI is InChI=1S/C15H16ClN5O2/c16-13-9-12(21(22)23)4-5-14(13)19-11-3-1-8-20(10-11)15-17-6-2-7-18-15/h2,4-7,9,11,19H,1,3,8,10H2. The molecule has 1 N–H and O–H groups in total. The number of nitro benzene ring substituents is 1. The fourth-order valence-electron chi connectivity index (χ4n) is 2.69. The number of hydrogen-bond acceptors (Lipinski definition) is 6. The molecular formula is C15H16ClN5O2. The molecule has 1 fully saturated rings. The smallest absolute Gasteiger partial charge is 0.271 e. The van der Waals surface area contributed by atoms with Gasteiger partial charge >= 0.3 is 0 Å². The Balaban J connectivity index is 1.69. The first-order valence-corrected chi connectivity index (χ1v) is 7.74. The molecule has 0 bridgehead atoms. The fraction of sp³-hybridized carbons (Fsp3) is 0.333. The fourth-order valence-corrected chi connectivity index (χ4v) is 2.92. The molecule has 1 aliphatic rings. The number of aromatic nitrogens is 2. The molecule has 3 rings (SSSR count). The highest BCUT2D eigenvalue weighted by Gasteiger charge is 2.22. The maximum absolute atomic E-state index is 10.8. The van der Waals surface area contributed by atoms with Gasteiger partial charge < -0.3 is 10.2 Å². The summed E-state index contributed by atoms with van der Waals surface area (Å²) in [6, 6.07) is 6.45. The molecule has 0 aliphatic carbocycles. The summed E-state index contributed by atoms with van der Waals surface area (Å²) in [6.45, 7) is 1.67. The van der Waals surface area contributed by atoms with Crippen molar-refractivity contribution in [2.45, 2.75) is 18.9 Å². The van der Waals surface area contributed by atoms with Gasteiger partial charge in [0.05, 0.1) is 15.6 Å². The van der Waals surface area contributed by atoms with E-state index in [0.29, 0.717) is 16.7 Å². The number of nitrogens with one attached hydrogen (secondary N) is 1. The summed E-state index contributed by atoms with van der Waals surface area (Å²) in [4.78, 5) is 21.0. The van der Waals surface area contributed by atoms with Gasteiger partial charge in [-0.15, -0.1) is 0 Å². The SMILES string of the molecule is O=[N+]([O-])c1ccc(NC2CCCN(c3ncccn3)C2)c(Cl)c1. The van der Waals surface area contributed by atoms with E-state index in [1.165, 1.54) is 12.1 Å². The van der Waals surface area contributed by atoms with Crippen LogP contribution in [0.15, 0.2) is 36.7 Å². The van der Waals surface area contributed by atoms with Gasteiger partial charge in [-0.1, -0.05) is 11.6 Å². The van der Waals surface area contributed by atoms with Crippen molar-refractivity contribution in [1.82, 2.24) is 9.97 Å². The Morgan fingerprint density at radius 2 is 2.13 bits per heavy atom. The van der Waals surface area contributed by atoms with Crippen LogP contribution in [-0.4, -0.2) is 34.0 Å². The van der Waals surface area contributed by atoms with Crippen LogP contribution >= 0.6 is 11.6 Å². The van der Waals surface area contributed by atoms with Crippen molar-refractivity contribution >= 4 is 28.9 Å². The van der Waals surface area contributed by atoms with E-state index in [0.717, 1.165) is 25.9 Å². The molecule has 1 aliphatic heterocycles. The zero-order chi connectivity index (χ0) is 16.2. The number of anilines is 2. The highest BCUT2D eigenvalue weighted by atomic mass is 35.5. The molecule has 2 aromatic rings. The number of nitrogens with zero attached hydrogens (tertiary/aromatic N) is 4. The van der Waals surface area contributed by atoms with E-state index < -0.39 is 4.92 Å². The lowest BCUT2D eigenvalue weighted by molar-refractivity contribution is -0.384. The van der Waals surface area contributed by atoms with Crippen molar-refractivity contribution < 1.29 is 4.92 Å². The zero-order valence-corrected chi connectivity index (χ0v) is 13.1. The molecule has 23 heavy (non-hydrogen) atoms. The third-order valence-corrected chi connectivity index (χ3v) is 4.09. The third kappa shape index (κ3) is 3.68. The average molecular weight is 334 g/mol.